The first-order valence-corrected chi connectivity index (χ1v) is 5.54. The Balaban J connectivity index is 3.15. The summed E-state index contributed by atoms with van der Waals surface area (Å²) in [6.45, 7) is 3.25. The number of carbonyl (C=O) groups is 1. The van der Waals surface area contributed by atoms with Crippen LogP contribution in [0.25, 0.3) is 0 Å². The third-order valence-corrected chi connectivity index (χ3v) is 2.95. The van der Waals surface area contributed by atoms with E-state index >= 15 is 0 Å². The molecule has 5 heteroatoms. The molecule has 2 N–H and O–H groups in total. The lowest BCUT2D eigenvalue weighted by Crippen LogP contribution is -2.12. The molecule has 17 heavy (non-hydrogen) atoms. The van der Waals surface area contributed by atoms with Gasteiger partial charge in [0, 0.05) is 5.56 Å². The molecular weight excluding hydrogens is 244 g/mol. The van der Waals surface area contributed by atoms with Gasteiger partial charge < -0.3 is 14.9 Å². The Hall–Kier alpha value is -1.42. The van der Waals surface area contributed by atoms with Gasteiger partial charge >= 0.3 is 5.97 Å². The molecule has 0 spiro atoms. The molecule has 1 atom stereocenters. The lowest BCUT2D eigenvalue weighted by atomic mass is 9.98. The fourth-order valence-corrected chi connectivity index (χ4v) is 1.99. The van der Waals surface area contributed by atoms with Crippen molar-refractivity contribution in [2.24, 2.45) is 5.92 Å². The predicted molar refractivity (Wildman–Crippen MR) is 64.9 cm³/mol. The van der Waals surface area contributed by atoms with Crippen LogP contribution in [0.1, 0.15) is 18.1 Å². The highest BCUT2D eigenvalue weighted by Crippen LogP contribution is 2.37. The lowest BCUT2D eigenvalue weighted by Gasteiger charge is -2.14. The summed E-state index contributed by atoms with van der Waals surface area (Å²) in [5.74, 6) is -1.03. The van der Waals surface area contributed by atoms with Crippen LogP contribution in [0.3, 0.4) is 0 Å². The van der Waals surface area contributed by atoms with E-state index in [9.17, 15) is 9.90 Å². The Morgan fingerprint density at radius 1 is 1.59 bits per heavy atom. The Bertz CT molecular complexity index is 443. The zero-order valence-corrected chi connectivity index (χ0v) is 10.7. The van der Waals surface area contributed by atoms with Crippen LogP contribution >= 0.6 is 11.6 Å². The standard InChI is InChI=1S/C12H15ClO4/c1-6(12(15)16)4-8-5-9(13)11(17-3)7(2)10(8)14/h5-6,14H,4H2,1-3H3,(H,15,16). The highest BCUT2D eigenvalue weighted by Gasteiger charge is 2.18. The van der Waals surface area contributed by atoms with E-state index in [1.54, 1.807) is 19.9 Å². The number of ether oxygens (including phenoxy) is 1. The fraction of sp³-hybridized carbons (Fsp3) is 0.417. The van der Waals surface area contributed by atoms with Gasteiger partial charge in [0.1, 0.15) is 11.5 Å². The zero-order valence-electron chi connectivity index (χ0n) is 9.95. The third-order valence-electron chi connectivity index (χ3n) is 2.67. The number of aromatic hydroxyl groups is 1. The molecule has 1 aromatic carbocycles. The first-order valence-electron chi connectivity index (χ1n) is 5.16. The molecule has 0 aliphatic rings. The summed E-state index contributed by atoms with van der Waals surface area (Å²) in [4.78, 5) is 10.8. The molecule has 0 saturated carbocycles. The van der Waals surface area contributed by atoms with E-state index in [1.807, 2.05) is 0 Å². The van der Waals surface area contributed by atoms with Crippen molar-refractivity contribution >= 4 is 17.6 Å². The third kappa shape index (κ3) is 2.82. The second kappa shape index (κ2) is 5.27. The number of hydrogen-bond acceptors (Lipinski definition) is 3. The molecule has 0 aromatic heterocycles. The van der Waals surface area contributed by atoms with Crippen molar-refractivity contribution in [3.63, 3.8) is 0 Å². The maximum atomic E-state index is 10.8. The van der Waals surface area contributed by atoms with E-state index < -0.39 is 11.9 Å². The van der Waals surface area contributed by atoms with Gasteiger partial charge in [-0.3, -0.25) is 4.79 Å². The molecule has 0 bridgehead atoms. The van der Waals surface area contributed by atoms with Gasteiger partial charge in [0.05, 0.1) is 18.1 Å². The van der Waals surface area contributed by atoms with Crippen molar-refractivity contribution in [2.75, 3.05) is 7.11 Å². The van der Waals surface area contributed by atoms with Crippen molar-refractivity contribution in [2.45, 2.75) is 20.3 Å². The number of phenols is 1. The van der Waals surface area contributed by atoms with Crippen molar-refractivity contribution in [3.05, 3.63) is 22.2 Å². The minimum absolute atomic E-state index is 0.0411. The molecule has 0 heterocycles. The minimum Gasteiger partial charge on any atom is -0.507 e. The van der Waals surface area contributed by atoms with E-state index in [1.165, 1.54) is 7.11 Å². The topological polar surface area (TPSA) is 66.8 Å². The number of aliphatic carboxylic acids is 1. The average Bonchev–Trinajstić information content (AvgIpc) is 2.26. The summed E-state index contributed by atoms with van der Waals surface area (Å²) < 4.78 is 5.06. The summed E-state index contributed by atoms with van der Waals surface area (Å²) in [5.41, 5.74) is 1.04. The molecule has 1 aromatic rings. The van der Waals surface area contributed by atoms with Gasteiger partial charge in [-0.25, -0.2) is 0 Å². The maximum absolute atomic E-state index is 10.8. The molecule has 0 saturated heterocycles. The lowest BCUT2D eigenvalue weighted by molar-refractivity contribution is -0.141. The molecule has 94 valence electrons. The zero-order chi connectivity index (χ0) is 13.2. The monoisotopic (exact) mass is 258 g/mol. The highest BCUT2D eigenvalue weighted by atomic mass is 35.5. The second-order valence-electron chi connectivity index (χ2n) is 3.97. The SMILES string of the molecule is COc1c(Cl)cc(CC(C)C(=O)O)c(O)c1C. The van der Waals surface area contributed by atoms with E-state index in [0.29, 0.717) is 21.9 Å². The number of carboxylic acid groups (broad SMARTS) is 1. The van der Waals surface area contributed by atoms with Gasteiger partial charge in [0.2, 0.25) is 0 Å². The van der Waals surface area contributed by atoms with Crippen molar-refractivity contribution in [3.8, 4) is 11.5 Å². The van der Waals surface area contributed by atoms with Crippen LogP contribution in [0.2, 0.25) is 5.02 Å². The highest BCUT2D eigenvalue weighted by molar-refractivity contribution is 6.32. The average molecular weight is 259 g/mol. The van der Waals surface area contributed by atoms with Crippen LogP contribution in [0, 0.1) is 12.8 Å². The first-order chi connectivity index (χ1) is 7.88. The summed E-state index contributed by atoms with van der Waals surface area (Å²) in [5, 5.41) is 19.1. The van der Waals surface area contributed by atoms with Crippen LogP contribution < -0.4 is 4.74 Å². The molecule has 0 radical (unpaired) electrons. The molecule has 0 fully saturated rings. The number of methoxy groups -OCH3 is 1. The van der Waals surface area contributed by atoms with Gasteiger partial charge in [-0.1, -0.05) is 18.5 Å². The summed E-state index contributed by atoms with van der Waals surface area (Å²) in [6.07, 6.45) is 0.228. The second-order valence-corrected chi connectivity index (χ2v) is 4.37. The van der Waals surface area contributed by atoms with Crippen LogP contribution in [0.5, 0.6) is 11.5 Å². The van der Waals surface area contributed by atoms with Gasteiger partial charge in [-0.15, -0.1) is 0 Å². The Morgan fingerprint density at radius 2 is 2.18 bits per heavy atom. The predicted octanol–water partition coefficient (Wildman–Crippen LogP) is 2.63. The van der Waals surface area contributed by atoms with Crippen molar-refractivity contribution in [1.82, 2.24) is 0 Å². The van der Waals surface area contributed by atoms with Crippen LogP contribution in [-0.2, 0) is 11.2 Å². The number of rotatable bonds is 4. The number of halogens is 1. The van der Waals surface area contributed by atoms with Crippen LogP contribution in [0.15, 0.2) is 6.07 Å². The number of hydrogen-bond donors (Lipinski definition) is 2. The number of carboxylic acids is 1. The smallest absolute Gasteiger partial charge is 0.306 e. The normalized spacial score (nSPS) is 12.2. The molecule has 0 aliphatic carbocycles. The van der Waals surface area contributed by atoms with E-state index in [2.05, 4.69) is 0 Å². The van der Waals surface area contributed by atoms with Crippen LogP contribution in [0.4, 0.5) is 0 Å². The van der Waals surface area contributed by atoms with Crippen molar-refractivity contribution in [1.29, 1.82) is 0 Å². The Kier molecular flexibility index (Phi) is 4.23. The Labute approximate surface area is 105 Å². The quantitative estimate of drug-likeness (QED) is 0.871. The van der Waals surface area contributed by atoms with E-state index in [4.69, 9.17) is 21.4 Å². The summed E-state index contributed by atoms with van der Waals surface area (Å²) >= 11 is 5.99. The molecular formula is C12H15ClO4. The molecule has 4 nitrogen and oxygen atoms in total. The van der Waals surface area contributed by atoms with Gasteiger partial charge in [-0.2, -0.15) is 0 Å². The molecule has 1 rings (SSSR count). The summed E-state index contributed by atoms with van der Waals surface area (Å²) in [6, 6.07) is 1.54. The largest absolute Gasteiger partial charge is 0.507 e. The fourth-order valence-electron chi connectivity index (χ4n) is 1.64. The Morgan fingerprint density at radius 3 is 2.65 bits per heavy atom. The first kappa shape index (κ1) is 13.6. The van der Waals surface area contributed by atoms with Gasteiger partial charge in [-0.05, 0) is 25.0 Å². The number of phenolic OH excluding ortho intramolecular Hbond substituents is 1. The van der Waals surface area contributed by atoms with Gasteiger partial charge in [0.25, 0.3) is 0 Å². The van der Waals surface area contributed by atoms with E-state index in [-0.39, 0.29) is 12.2 Å². The maximum Gasteiger partial charge on any atom is 0.306 e. The molecule has 0 amide bonds. The summed E-state index contributed by atoms with van der Waals surface area (Å²) in [7, 11) is 1.47. The van der Waals surface area contributed by atoms with E-state index in [0.717, 1.165) is 0 Å². The van der Waals surface area contributed by atoms with Gasteiger partial charge in [0.15, 0.2) is 0 Å². The number of benzene rings is 1. The minimum atomic E-state index is -0.908. The van der Waals surface area contributed by atoms with Crippen molar-refractivity contribution < 1.29 is 19.7 Å². The molecule has 1 unspecified atom stereocenters. The molecule has 0 aliphatic heterocycles. The van der Waals surface area contributed by atoms with Crippen LogP contribution in [-0.4, -0.2) is 23.3 Å².